The summed E-state index contributed by atoms with van der Waals surface area (Å²) in [7, 11) is 0. The van der Waals surface area contributed by atoms with Crippen LogP contribution in [0.2, 0.25) is 0 Å². The van der Waals surface area contributed by atoms with Crippen LogP contribution in [-0.2, 0) is 21.1 Å². The molecule has 0 spiro atoms. The maximum atomic E-state index is 10.1. The van der Waals surface area contributed by atoms with Crippen LogP contribution in [0.4, 0.5) is 0 Å². The second-order valence-corrected chi connectivity index (χ2v) is 7.10. The van der Waals surface area contributed by atoms with Crippen molar-refractivity contribution in [1.29, 1.82) is 0 Å². The number of pyridine rings is 3. The zero-order valence-corrected chi connectivity index (χ0v) is 18.8. The van der Waals surface area contributed by atoms with Gasteiger partial charge in [0, 0.05) is 50.7 Å². The van der Waals surface area contributed by atoms with Gasteiger partial charge >= 0.3 is 0 Å². The zero-order chi connectivity index (χ0) is 20.8. The summed E-state index contributed by atoms with van der Waals surface area (Å²) in [5.74, 6) is 1.79. The Morgan fingerprint density at radius 2 is 1.81 bits per heavy atom. The first kappa shape index (κ1) is 20.2. The Labute approximate surface area is 197 Å². The van der Waals surface area contributed by atoms with Gasteiger partial charge in [0.25, 0.3) is 0 Å². The van der Waals surface area contributed by atoms with E-state index in [2.05, 4.69) is 21.0 Å². The number of para-hydroxylation sites is 1. The average molecular weight is 598 g/mol. The molecule has 6 nitrogen and oxygen atoms in total. The molecule has 0 aliphatic rings. The van der Waals surface area contributed by atoms with E-state index in [4.69, 9.17) is 4.74 Å². The molecule has 6 aromatic rings. The Morgan fingerprint density at radius 1 is 0.875 bits per heavy atom. The topological polar surface area (TPSA) is 73.1 Å². The van der Waals surface area contributed by atoms with Gasteiger partial charge in [0.1, 0.15) is 17.1 Å². The summed E-state index contributed by atoms with van der Waals surface area (Å²) in [5.41, 5.74) is 2.27. The predicted molar refractivity (Wildman–Crippen MR) is 119 cm³/mol. The van der Waals surface area contributed by atoms with Gasteiger partial charge in [-0.3, -0.25) is 4.98 Å². The third kappa shape index (κ3) is 3.29. The molecule has 32 heavy (non-hydrogen) atoms. The second kappa shape index (κ2) is 8.06. The quantitative estimate of drug-likeness (QED) is 0.276. The van der Waals surface area contributed by atoms with Gasteiger partial charge in [-0.05, 0) is 35.7 Å². The number of ether oxygens (including phenoxy) is 1. The van der Waals surface area contributed by atoms with Gasteiger partial charge in [0.05, 0.1) is 11.7 Å². The van der Waals surface area contributed by atoms with E-state index >= 15 is 0 Å². The van der Waals surface area contributed by atoms with Crippen molar-refractivity contribution in [3.8, 4) is 23.2 Å². The van der Waals surface area contributed by atoms with Crippen LogP contribution in [0, 0.1) is 6.07 Å². The Morgan fingerprint density at radius 3 is 2.69 bits per heavy atom. The smallest absolute Gasteiger partial charge is 0.217 e. The van der Waals surface area contributed by atoms with E-state index in [1.54, 1.807) is 30.6 Å². The Kier molecular flexibility index (Phi) is 5.08. The fourth-order valence-corrected chi connectivity index (χ4v) is 3.84. The van der Waals surface area contributed by atoms with Crippen molar-refractivity contribution in [3.63, 3.8) is 0 Å². The number of fused-ring (bicyclic) bond motifs is 4. The van der Waals surface area contributed by atoms with Crippen LogP contribution in [-0.4, -0.2) is 24.6 Å². The van der Waals surface area contributed by atoms with Crippen molar-refractivity contribution in [3.05, 3.63) is 91.4 Å². The summed E-state index contributed by atoms with van der Waals surface area (Å²) in [6.07, 6.45) is 5.36. The zero-order valence-electron chi connectivity index (χ0n) is 16.5. The molecule has 0 saturated carbocycles. The van der Waals surface area contributed by atoms with Crippen molar-refractivity contribution in [1.82, 2.24) is 19.5 Å². The summed E-state index contributed by atoms with van der Waals surface area (Å²) < 4.78 is 8.03. The molecular weight excluding hydrogens is 583 g/mol. The second-order valence-electron chi connectivity index (χ2n) is 7.10. The van der Waals surface area contributed by atoms with E-state index in [-0.39, 0.29) is 26.8 Å². The van der Waals surface area contributed by atoms with Crippen LogP contribution >= 0.6 is 0 Å². The molecule has 7 heteroatoms. The van der Waals surface area contributed by atoms with E-state index < -0.39 is 0 Å². The minimum atomic E-state index is 0. The number of phenolic OH excluding ortho intramolecular Hbond substituents is 1. The Hall–Kier alpha value is -3.76. The molecule has 1 N–H and O–H groups in total. The van der Waals surface area contributed by atoms with E-state index in [0.717, 1.165) is 33.0 Å². The van der Waals surface area contributed by atoms with Gasteiger partial charge < -0.3 is 14.4 Å². The van der Waals surface area contributed by atoms with Gasteiger partial charge in [-0.15, -0.1) is 17.5 Å². The largest absolute Gasteiger partial charge is 0.506 e. The summed E-state index contributed by atoms with van der Waals surface area (Å²) >= 11 is 0. The first-order valence-electron chi connectivity index (χ1n) is 9.76. The molecule has 4 aromatic heterocycles. The van der Waals surface area contributed by atoms with Crippen LogP contribution in [0.1, 0.15) is 0 Å². The van der Waals surface area contributed by atoms with E-state index in [1.165, 1.54) is 0 Å². The molecule has 158 valence electrons. The average Bonchev–Trinajstić information content (AvgIpc) is 3.14. The number of nitrogens with zero attached hydrogens (tertiary/aromatic N) is 4. The molecule has 0 radical (unpaired) electrons. The normalized spacial score (nSPS) is 11.0. The number of hydrogen-bond donors (Lipinski definition) is 1. The minimum absolute atomic E-state index is 0. The molecule has 0 aliphatic carbocycles. The molecule has 0 atom stereocenters. The summed E-state index contributed by atoms with van der Waals surface area (Å²) in [4.78, 5) is 13.3. The van der Waals surface area contributed by atoms with Crippen LogP contribution in [0.25, 0.3) is 38.5 Å². The number of aromatic hydroxyl groups is 1. The molecule has 2 aromatic carbocycles. The molecule has 0 saturated heterocycles. The number of benzene rings is 2. The van der Waals surface area contributed by atoms with Crippen molar-refractivity contribution >= 4 is 32.7 Å². The fraction of sp³-hybridized carbons (Fsp3) is 0. The first-order chi connectivity index (χ1) is 15.3. The Balaban J connectivity index is 0.00000216. The van der Waals surface area contributed by atoms with Crippen LogP contribution < -0.4 is 4.74 Å². The molecule has 0 aliphatic heterocycles. The molecule has 0 bridgehead atoms. The summed E-state index contributed by atoms with van der Waals surface area (Å²) in [6.45, 7) is 0. The molecular formula is C25H15N4O2Pt-. The van der Waals surface area contributed by atoms with Crippen molar-refractivity contribution < 1.29 is 30.9 Å². The van der Waals surface area contributed by atoms with Gasteiger partial charge in [-0.1, -0.05) is 23.7 Å². The van der Waals surface area contributed by atoms with Crippen molar-refractivity contribution in [2.45, 2.75) is 0 Å². The number of hydrogen-bond acceptors (Lipinski definition) is 5. The van der Waals surface area contributed by atoms with Gasteiger partial charge in [0.2, 0.25) is 5.88 Å². The van der Waals surface area contributed by atoms with Gasteiger partial charge in [0.15, 0.2) is 0 Å². The minimum Gasteiger partial charge on any atom is -0.506 e. The third-order valence-corrected chi connectivity index (χ3v) is 5.22. The molecule has 0 fully saturated rings. The molecule has 4 heterocycles. The van der Waals surface area contributed by atoms with Crippen molar-refractivity contribution in [2.24, 2.45) is 0 Å². The standard InChI is InChI=1S/C25H15N4O2.Pt/c30-22-5-3-4-16-7-10-24(28-25(16)22)31-17-8-9-18-19-11-13-26-15-21(19)29(20(18)14-17)23-6-1-2-12-27-23;/h1-13,15,30H;/q-1;. The van der Waals surface area contributed by atoms with Gasteiger partial charge in [-0.2, -0.15) is 6.07 Å². The predicted octanol–water partition coefficient (Wildman–Crippen LogP) is 5.42. The van der Waals surface area contributed by atoms with Crippen molar-refractivity contribution in [2.75, 3.05) is 0 Å². The molecule has 6 rings (SSSR count). The fourth-order valence-electron chi connectivity index (χ4n) is 3.84. The number of phenols is 1. The SMILES string of the molecule is Oc1cccc2ccc(Oc3[c-]c4c(cc3)c3ccncc3n4-c3ccccn3)nc12.[Pt]. The summed E-state index contributed by atoms with van der Waals surface area (Å²) in [5, 5.41) is 13.0. The maximum absolute atomic E-state index is 10.1. The van der Waals surface area contributed by atoms with Crippen LogP contribution in [0.3, 0.4) is 0 Å². The first-order valence-corrected chi connectivity index (χ1v) is 9.76. The molecule has 0 unspecified atom stereocenters. The van der Waals surface area contributed by atoms with E-state index in [1.807, 2.05) is 59.3 Å². The van der Waals surface area contributed by atoms with Crippen LogP contribution in [0.15, 0.2) is 85.3 Å². The Bertz CT molecular complexity index is 1580. The monoisotopic (exact) mass is 598 g/mol. The maximum Gasteiger partial charge on any atom is 0.217 e. The third-order valence-electron chi connectivity index (χ3n) is 5.22. The molecule has 0 amide bonds. The van der Waals surface area contributed by atoms with E-state index in [0.29, 0.717) is 17.1 Å². The number of rotatable bonds is 3. The van der Waals surface area contributed by atoms with Gasteiger partial charge in [-0.25, -0.2) is 9.97 Å². The summed E-state index contributed by atoms with van der Waals surface area (Å²) in [6, 6.07) is 23.9. The number of aromatic nitrogens is 4. The van der Waals surface area contributed by atoms with E-state index in [9.17, 15) is 5.11 Å². The van der Waals surface area contributed by atoms with Crippen LogP contribution in [0.5, 0.6) is 17.4 Å².